The molecule has 9 heteroatoms. The average molecular weight is 295 g/mol. The molecule has 0 spiro atoms. The Morgan fingerprint density at radius 3 is 2.55 bits per heavy atom. The van der Waals surface area contributed by atoms with Crippen LogP contribution in [0.3, 0.4) is 0 Å². The van der Waals surface area contributed by atoms with E-state index < -0.39 is 54.9 Å². The number of hydrogen-bond donors (Lipinski definition) is 2. The number of carbonyl (C=O) groups is 2. The standard InChI is InChI=1S/C11H12F3NO5/c12-11(13,14)5-3-15(9(19)1-6(5)17)10-2-7(18)8(4-16)20-10/h3,7-8,10,16,18H,1-2,4H2/t7-,8+,10+/m1/s1. The maximum absolute atomic E-state index is 12.6. The molecule has 3 atom stereocenters. The van der Waals surface area contributed by atoms with Crippen molar-refractivity contribution in [1.82, 2.24) is 4.90 Å². The number of nitrogens with zero attached hydrogens (tertiary/aromatic N) is 1. The summed E-state index contributed by atoms with van der Waals surface area (Å²) in [6.07, 6.45) is -8.65. The highest BCUT2D eigenvalue weighted by molar-refractivity contribution is 6.10. The molecule has 2 rings (SSSR count). The van der Waals surface area contributed by atoms with Crippen LogP contribution in [0.25, 0.3) is 0 Å². The highest BCUT2D eigenvalue weighted by Crippen LogP contribution is 2.33. The van der Waals surface area contributed by atoms with Gasteiger partial charge in [-0.3, -0.25) is 14.5 Å². The van der Waals surface area contributed by atoms with Crippen LogP contribution in [0.5, 0.6) is 0 Å². The Labute approximate surface area is 111 Å². The third-order valence-corrected chi connectivity index (χ3v) is 3.17. The topological polar surface area (TPSA) is 87.1 Å². The average Bonchev–Trinajstić information content (AvgIpc) is 2.68. The summed E-state index contributed by atoms with van der Waals surface area (Å²) in [5.74, 6) is -2.13. The molecule has 2 heterocycles. The lowest BCUT2D eigenvalue weighted by molar-refractivity contribution is -0.149. The number of aliphatic hydroxyl groups is 2. The van der Waals surface area contributed by atoms with Gasteiger partial charge < -0.3 is 14.9 Å². The number of carbonyl (C=O) groups excluding carboxylic acids is 2. The summed E-state index contributed by atoms with van der Waals surface area (Å²) in [5.41, 5.74) is -1.43. The Bertz CT molecular complexity index is 461. The van der Waals surface area contributed by atoms with Gasteiger partial charge in [-0.1, -0.05) is 0 Å². The Morgan fingerprint density at radius 1 is 1.40 bits per heavy atom. The van der Waals surface area contributed by atoms with E-state index in [-0.39, 0.29) is 6.42 Å². The number of ether oxygens (including phenoxy) is 1. The van der Waals surface area contributed by atoms with Gasteiger partial charge in [0.1, 0.15) is 17.9 Å². The zero-order valence-electron chi connectivity index (χ0n) is 10.1. The molecule has 0 unspecified atom stereocenters. The minimum absolute atomic E-state index is 0.132. The highest BCUT2D eigenvalue weighted by atomic mass is 19.4. The third-order valence-electron chi connectivity index (χ3n) is 3.17. The van der Waals surface area contributed by atoms with Gasteiger partial charge in [0.05, 0.1) is 19.1 Å². The van der Waals surface area contributed by atoms with E-state index in [9.17, 15) is 27.9 Å². The van der Waals surface area contributed by atoms with E-state index in [0.717, 1.165) is 0 Å². The Morgan fingerprint density at radius 2 is 2.05 bits per heavy atom. The van der Waals surface area contributed by atoms with E-state index in [1.54, 1.807) is 0 Å². The molecular formula is C11H12F3NO5. The zero-order valence-corrected chi connectivity index (χ0v) is 10.1. The monoisotopic (exact) mass is 295 g/mol. The Kier molecular flexibility index (Phi) is 3.85. The molecule has 1 fully saturated rings. The number of ketones is 1. The molecule has 0 aromatic carbocycles. The van der Waals surface area contributed by atoms with Crippen molar-refractivity contribution in [2.45, 2.75) is 37.5 Å². The first kappa shape index (κ1) is 14.9. The fourth-order valence-corrected chi connectivity index (χ4v) is 2.13. The molecule has 0 saturated carbocycles. The number of aliphatic hydroxyl groups excluding tert-OH is 2. The molecule has 2 aliphatic heterocycles. The first-order valence-electron chi connectivity index (χ1n) is 5.81. The largest absolute Gasteiger partial charge is 0.421 e. The zero-order chi connectivity index (χ0) is 15.1. The van der Waals surface area contributed by atoms with Crippen molar-refractivity contribution >= 4 is 11.7 Å². The molecule has 112 valence electrons. The van der Waals surface area contributed by atoms with Gasteiger partial charge in [-0.25, -0.2) is 0 Å². The van der Waals surface area contributed by atoms with Crippen molar-refractivity contribution in [3.05, 3.63) is 11.8 Å². The van der Waals surface area contributed by atoms with E-state index >= 15 is 0 Å². The summed E-state index contributed by atoms with van der Waals surface area (Å²) in [6, 6.07) is 0. The van der Waals surface area contributed by atoms with Crippen molar-refractivity contribution < 1.29 is 37.7 Å². The van der Waals surface area contributed by atoms with Crippen molar-refractivity contribution in [3.63, 3.8) is 0 Å². The molecule has 0 radical (unpaired) electrons. The van der Waals surface area contributed by atoms with Gasteiger partial charge in [-0.15, -0.1) is 0 Å². The first-order chi connectivity index (χ1) is 9.24. The molecule has 0 bridgehead atoms. The molecule has 0 aromatic heterocycles. The number of hydrogen-bond acceptors (Lipinski definition) is 5. The second kappa shape index (κ2) is 5.15. The van der Waals surface area contributed by atoms with Crippen LogP contribution in [0.2, 0.25) is 0 Å². The van der Waals surface area contributed by atoms with Crippen LogP contribution in [0.1, 0.15) is 12.8 Å². The maximum Gasteiger partial charge on any atom is 0.421 e. The number of allylic oxidation sites excluding steroid dienone is 1. The lowest BCUT2D eigenvalue weighted by Gasteiger charge is -2.29. The highest BCUT2D eigenvalue weighted by Gasteiger charge is 2.46. The van der Waals surface area contributed by atoms with Crippen molar-refractivity contribution in [3.8, 4) is 0 Å². The molecule has 2 N–H and O–H groups in total. The van der Waals surface area contributed by atoms with Crippen molar-refractivity contribution in [2.75, 3.05) is 6.61 Å². The lowest BCUT2D eigenvalue weighted by atomic mass is 10.0. The second-order valence-electron chi connectivity index (χ2n) is 4.56. The first-order valence-corrected chi connectivity index (χ1v) is 5.81. The van der Waals surface area contributed by atoms with Crippen molar-refractivity contribution in [1.29, 1.82) is 0 Å². The quantitative estimate of drug-likeness (QED) is 0.683. The van der Waals surface area contributed by atoms with Gasteiger partial charge in [-0.05, 0) is 0 Å². The molecule has 2 aliphatic rings. The number of Topliss-reactive ketones (excluding diaryl/α,β-unsaturated/α-hetero) is 1. The predicted octanol–water partition coefficient (Wildman–Crippen LogP) is -0.298. The van der Waals surface area contributed by atoms with E-state index in [2.05, 4.69) is 0 Å². The summed E-state index contributed by atoms with van der Waals surface area (Å²) in [5, 5.41) is 18.4. The second-order valence-corrected chi connectivity index (χ2v) is 4.56. The number of rotatable bonds is 2. The minimum atomic E-state index is -4.86. The fraction of sp³-hybridized carbons (Fsp3) is 0.636. The van der Waals surface area contributed by atoms with Crippen LogP contribution in [0.4, 0.5) is 13.2 Å². The smallest absolute Gasteiger partial charge is 0.394 e. The van der Waals surface area contributed by atoms with Gasteiger partial charge in [0.15, 0.2) is 5.78 Å². The van der Waals surface area contributed by atoms with Crippen LogP contribution in [-0.4, -0.2) is 58.0 Å². The van der Waals surface area contributed by atoms with E-state index in [0.29, 0.717) is 11.1 Å². The summed E-state index contributed by atoms with van der Waals surface area (Å²) >= 11 is 0. The van der Waals surface area contributed by atoms with Crippen molar-refractivity contribution in [2.24, 2.45) is 0 Å². The van der Waals surface area contributed by atoms with Gasteiger partial charge in [0.2, 0.25) is 5.91 Å². The molecule has 0 aromatic rings. The Hall–Kier alpha value is -1.45. The molecule has 0 aliphatic carbocycles. The van der Waals surface area contributed by atoms with Crippen LogP contribution >= 0.6 is 0 Å². The van der Waals surface area contributed by atoms with E-state index in [1.807, 2.05) is 0 Å². The SMILES string of the molecule is O=C1CC(=O)N([C@@H]2C[C@@H](O)[C@H](CO)O2)C=C1C(F)(F)F. The molecule has 1 amide bonds. The van der Waals surface area contributed by atoms with Crippen LogP contribution in [-0.2, 0) is 14.3 Å². The van der Waals surface area contributed by atoms with Gasteiger partial charge >= 0.3 is 6.18 Å². The van der Waals surface area contributed by atoms with Crippen LogP contribution < -0.4 is 0 Å². The molecule has 6 nitrogen and oxygen atoms in total. The fourth-order valence-electron chi connectivity index (χ4n) is 2.13. The van der Waals surface area contributed by atoms with Crippen LogP contribution in [0, 0.1) is 0 Å². The number of amides is 1. The summed E-state index contributed by atoms with van der Waals surface area (Å²) < 4.78 is 43.0. The van der Waals surface area contributed by atoms with Gasteiger partial charge in [0, 0.05) is 12.6 Å². The minimum Gasteiger partial charge on any atom is -0.394 e. The molecule has 20 heavy (non-hydrogen) atoms. The molecular weight excluding hydrogens is 283 g/mol. The summed E-state index contributed by atoms with van der Waals surface area (Å²) in [7, 11) is 0. The maximum atomic E-state index is 12.6. The number of alkyl halides is 3. The van der Waals surface area contributed by atoms with Gasteiger partial charge in [-0.2, -0.15) is 13.2 Å². The lowest BCUT2D eigenvalue weighted by Crippen LogP contribution is -2.43. The normalized spacial score (nSPS) is 31.8. The third kappa shape index (κ3) is 2.69. The van der Waals surface area contributed by atoms with Gasteiger partial charge in [0.25, 0.3) is 0 Å². The molecule has 1 saturated heterocycles. The summed E-state index contributed by atoms with van der Waals surface area (Å²) in [6.45, 7) is -0.519. The van der Waals surface area contributed by atoms with Crippen LogP contribution in [0.15, 0.2) is 11.8 Å². The van der Waals surface area contributed by atoms with E-state index in [1.165, 1.54) is 0 Å². The predicted molar refractivity (Wildman–Crippen MR) is 57.0 cm³/mol. The summed E-state index contributed by atoms with van der Waals surface area (Å²) in [4.78, 5) is 23.5. The van der Waals surface area contributed by atoms with E-state index in [4.69, 9.17) is 9.84 Å². The Balaban J connectivity index is 2.25. The number of halogens is 3.